The first-order valence-electron chi connectivity index (χ1n) is 16.9. The molecular weight excluding hydrogens is 578 g/mol. The largest absolute Gasteiger partial charge is 0.396 e. The lowest BCUT2D eigenvalue weighted by atomic mass is 10.0. The van der Waals surface area contributed by atoms with Gasteiger partial charge in [-0.15, -0.1) is 12.4 Å². The van der Waals surface area contributed by atoms with Crippen LogP contribution in [0.15, 0.2) is 85.1 Å². The van der Waals surface area contributed by atoms with Gasteiger partial charge in [0.1, 0.15) is 11.5 Å². The number of aliphatic hydroxyl groups excluding tert-OH is 1. The van der Waals surface area contributed by atoms with E-state index in [0.29, 0.717) is 30.8 Å². The van der Waals surface area contributed by atoms with Crippen molar-refractivity contribution in [2.24, 2.45) is 0 Å². The maximum atomic E-state index is 12.9. The van der Waals surface area contributed by atoms with Crippen molar-refractivity contribution in [3.63, 3.8) is 0 Å². The zero-order valence-electron chi connectivity index (χ0n) is 27.3. The van der Waals surface area contributed by atoms with Gasteiger partial charge in [-0.2, -0.15) is 0 Å². The van der Waals surface area contributed by atoms with Crippen molar-refractivity contribution in [1.29, 1.82) is 0 Å². The average molecular weight is 632 g/mol. The Hall–Kier alpha value is -3.28. The number of carbonyl (C=O) groups excluding carboxylic acids is 1. The summed E-state index contributed by atoms with van der Waals surface area (Å²) < 4.78 is 0. The van der Waals surface area contributed by atoms with Crippen molar-refractivity contribution in [2.75, 3.05) is 6.61 Å². The average Bonchev–Trinajstić information content (AvgIpc) is 3.45. The number of aliphatic hydroxyl groups is 1. The number of nitrogens with zero attached hydrogens (tertiary/aromatic N) is 2. The summed E-state index contributed by atoms with van der Waals surface area (Å²) in [5, 5.41) is 10.5. The van der Waals surface area contributed by atoms with Crippen molar-refractivity contribution in [3.05, 3.63) is 108 Å². The van der Waals surface area contributed by atoms with Crippen molar-refractivity contribution in [2.45, 2.75) is 110 Å². The van der Waals surface area contributed by atoms with Crippen LogP contribution in [-0.4, -0.2) is 32.4 Å². The molecular formula is C39H54ClN3O2. The minimum atomic E-state index is 0. The number of ketones is 1. The van der Waals surface area contributed by atoms with Crippen molar-refractivity contribution in [1.82, 2.24) is 15.0 Å². The lowest BCUT2D eigenvalue weighted by Gasteiger charge is -2.03. The Morgan fingerprint density at radius 1 is 0.778 bits per heavy atom. The summed E-state index contributed by atoms with van der Waals surface area (Å²) in [5.41, 5.74) is 3.62. The van der Waals surface area contributed by atoms with E-state index in [9.17, 15) is 9.90 Å². The number of unbranched alkanes of at least 4 members (excludes halogenated alkanes) is 11. The summed E-state index contributed by atoms with van der Waals surface area (Å²) in [7, 11) is 0. The molecule has 0 aliphatic heterocycles. The van der Waals surface area contributed by atoms with E-state index in [1.165, 1.54) is 76.0 Å². The predicted octanol–water partition coefficient (Wildman–Crippen LogP) is 10.4. The van der Waals surface area contributed by atoms with E-state index < -0.39 is 0 Å². The summed E-state index contributed by atoms with van der Waals surface area (Å²) >= 11 is 0. The molecule has 2 aromatic carbocycles. The number of hydrogen-bond donors (Lipinski definition) is 2. The summed E-state index contributed by atoms with van der Waals surface area (Å²) in [6.07, 6.45) is 24.5. The van der Waals surface area contributed by atoms with E-state index in [-0.39, 0.29) is 24.8 Å². The third kappa shape index (κ3) is 15.5. The monoisotopic (exact) mass is 631 g/mol. The van der Waals surface area contributed by atoms with Crippen LogP contribution in [0.1, 0.15) is 124 Å². The molecule has 4 aromatic rings. The van der Waals surface area contributed by atoms with E-state index >= 15 is 0 Å². The van der Waals surface area contributed by atoms with Crippen LogP contribution in [0.2, 0.25) is 0 Å². The van der Waals surface area contributed by atoms with Gasteiger partial charge >= 0.3 is 0 Å². The van der Waals surface area contributed by atoms with Gasteiger partial charge in [0.15, 0.2) is 5.78 Å². The van der Waals surface area contributed by atoms with E-state index in [1.807, 2.05) is 48.7 Å². The Morgan fingerprint density at radius 3 is 2.09 bits per heavy atom. The fraction of sp³-hybridized carbons (Fsp3) is 0.462. The van der Waals surface area contributed by atoms with Crippen LogP contribution in [0.4, 0.5) is 0 Å². The molecule has 0 amide bonds. The highest BCUT2D eigenvalue weighted by molar-refractivity contribution is 5.95. The molecule has 45 heavy (non-hydrogen) atoms. The molecule has 0 aliphatic carbocycles. The van der Waals surface area contributed by atoms with Crippen LogP contribution in [0.3, 0.4) is 0 Å². The number of halogens is 1. The van der Waals surface area contributed by atoms with Crippen LogP contribution in [0.25, 0.3) is 10.9 Å². The number of benzene rings is 2. The molecule has 0 bridgehead atoms. The van der Waals surface area contributed by atoms with Gasteiger partial charge in [-0.3, -0.25) is 9.78 Å². The lowest BCUT2D eigenvalue weighted by molar-refractivity contribution is 0.0973. The topological polar surface area (TPSA) is 78.9 Å². The molecule has 244 valence electrons. The van der Waals surface area contributed by atoms with Gasteiger partial charge in [0.05, 0.1) is 17.8 Å². The van der Waals surface area contributed by atoms with E-state index in [0.717, 1.165) is 29.6 Å². The first kappa shape index (κ1) is 37.9. The molecule has 0 saturated carbocycles. The number of carbonyl (C=O) groups is 1. The molecule has 0 aliphatic rings. The van der Waals surface area contributed by atoms with E-state index in [2.05, 4.69) is 58.3 Å². The first-order chi connectivity index (χ1) is 21.7. The maximum absolute atomic E-state index is 12.9. The number of para-hydroxylation sites is 1. The molecule has 2 N–H and O–H groups in total. The number of fused-ring (bicyclic) bond motifs is 1. The highest BCUT2D eigenvalue weighted by Crippen LogP contribution is 2.17. The zero-order chi connectivity index (χ0) is 31.1. The van der Waals surface area contributed by atoms with Crippen LogP contribution >= 0.6 is 12.4 Å². The Kier molecular flexibility index (Phi) is 20.2. The fourth-order valence-corrected chi connectivity index (χ4v) is 5.33. The molecule has 0 saturated heterocycles. The first-order valence-corrected chi connectivity index (χ1v) is 16.9. The van der Waals surface area contributed by atoms with E-state index in [1.54, 1.807) is 0 Å². The summed E-state index contributed by atoms with van der Waals surface area (Å²) in [4.78, 5) is 24.8. The molecule has 0 radical (unpaired) electrons. The number of aromatic amines is 1. The molecule has 0 atom stereocenters. The fourth-order valence-electron chi connectivity index (χ4n) is 5.33. The Balaban J connectivity index is 0.000000536. The summed E-state index contributed by atoms with van der Waals surface area (Å²) in [6.45, 7) is 2.29. The van der Waals surface area contributed by atoms with Gasteiger partial charge in [-0.25, -0.2) is 4.98 Å². The Bertz CT molecular complexity index is 1290. The number of Topliss-reactive ketones (excluding diaryl/α,β-unsaturated/α-hetero) is 1. The number of pyridine rings is 1. The highest BCUT2D eigenvalue weighted by Gasteiger charge is 2.17. The highest BCUT2D eigenvalue weighted by atomic mass is 35.5. The lowest BCUT2D eigenvalue weighted by Crippen LogP contribution is -2.04. The zero-order valence-corrected chi connectivity index (χ0v) is 28.1. The number of rotatable bonds is 20. The standard InChI is InChI=1S/C30H46N2O2.C9H7N.ClH/c1-2-3-4-5-6-7-8-9-10-11-12-13-14-15-19-22-28(34)30-27(31-29(32-30)23-24-33)25-26-20-17-16-18-21-26;1-2-6-9-8(4-1)5-3-7-10-9;/h9-10,16-18,20-21,33H,2-8,11-15,19,22-25H2,1H3,(H,31,32);1-7H;1H/b10-9-;;. The Morgan fingerprint density at radius 2 is 1.40 bits per heavy atom. The molecule has 2 heterocycles. The number of hydrogen-bond acceptors (Lipinski definition) is 4. The van der Waals surface area contributed by atoms with E-state index in [4.69, 9.17) is 0 Å². The van der Waals surface area contributed by atoms with Crippen LogP contribution in [0.5, 0.6) is 0 Å². The second-order valence-corrected chi connectivity index (χ2v) is 11.6. The van der Waals surface area contributed by atoms with Gasteiger partial charge in [-0.05, 0) is 49.8 Å². The summed E-state index contributed by atoms with van der Waals surface area (Å²) in [5.74, 6) is 0.835. The molecule has 2 aromatic heterocycles. The van der Waals surface area contributed by atoms with Crippen LogP contribution in [0, 0.1) is 0 Å². The molecule has 0 unspecified atom stereocenters. The van der Waals surface area contributed by atoms with Crippen LogP contribution < -0.4 is 0 Å². The quantitative estimate of drug-likeness (QED) is 0.0578. The van der Waals surface area contributed by atoms with Gasteiger partial charge < -0.3 is 10.1 Å². The smallest absolute Gasteiger partial charge is 0.180 e. The Labute approximate surface area is 277 Å². The minimum absolute atomic E-state index is 0. The molecule has 6 heteroatoms. The van der Waals surface area contributed by atoms with Gasteiger partial charge in [0, 0.05) is 30.8 Å². The SMILES string of the molecule is CCCCCCCC/C=C\CCCCCCCC(=O)c1[nH]c(CCO)nc1Cc1ccccc1.Cl.c1ccc2ncccc2c1. The van der Waals surface area contributed by atoms with Gasteiger partial charge in [0.2, 0.25) is 0 Å². The molecule has 4 rings (SSSR count). The number of imidazole rings is 1. The molecule has 5 nitrogen and oxygen atoms in total. The molecule has 0 fully saturated rings. The maximum Gasteiger partial charge on any atom is 0.180 e. The predicted molar refractivity (Wildman–Crippen MR) is 191 cm³/mol. The number of H-pyrrole nitrogens is 1. The van der Waals surface area contributed by atoms with Gasteiger partial charge in [-0.1, -0.05) is 125 Å². The third-order valence-electron chi connectivity index (χ3n) is 7.85. The number of aromatic nitrogens is 3. The van der Waals surface area contributed by atoms with Crippen molar-refractivity contribution in [3.8, 4) is 0 Å². The number of nitrogens with one attached hydrogen (secondary N) is 1. The van der Waals surface area contributed by atoms with Gasteiger partial charge in [0.25, 0.3) is 0 Å². The normalized spacial score (nSPS) is 10.9. The number of allylic oxidation sites excluding steroid dienone is 2. The van der Waals surface area contributed by atoms with Crippen LogP contribution in [-0.2, 0) is 12.8 Å². The van der Waals surface area contributed by atoms with Crippen molar-refractivity contribution < 1.29 is 9.90 Å². The second kappa shape index (κ2) is 24.0. The molecule has 0 spiro atoms. The summed E-state index contributed by atoms with van der Waals surface area (Å²) in [6, 6.07) is 22.2. The van der Waals surface area contributed by atoms with Crippen molar-refractivity contribution >= 4 is 29.1 Å². The third-order valence-corrected chi connectivity index (χ3v) is 7.85. The minimum Gasteiger partial charge on any atom is -0.396 e. The second-order valence-electron chi connectivity index (χ2n) is 11.6.